The molecule has 0 heterocycles. The van der Waals surface area contributed by atoms with Gasteiger partial charge in [0.05, 0.1) is 0 Å². The Kier molecular flexibility index (Phi) is 6.55. The van der Waals surface area contributed by atoms with Crippen molar-refractivity contribution in [2.45, 2.75) is 32.6 Å². The second kappa shape index (κ2) is 6.29. The zero-order valence-electron chi connectivity index (χ0n) is 4.78. The zero-order valence-corrected chi connectivity index (χ0v) is 5.54. The van der Waals surface area contributed by atoms with Gasteiger partial charge in [0.25, 0.3) is 0 Å². The van der Waals surface area contributed by atoms with Crippen LogP contribution < -0.4 is 0 Å². The Morgan fingerprint density at radius 3 is 2.57 bits per heavy atom. The lowest BCUT2D eigenvalue weighted by Crippen LogP contribution is -1.70. The third kappa shape index (κ3) is 6.29. The number of rotatable bonds is 4. The minimum atomic E-state index is 1.06. The average molecular weight is 120 g/mol. The summed E-state index contributed by atoms with van der Waals surface area (Å²) in [6, 6.07) is 0. The lowest BCUT2D eigenvalue weighted by molar-refractivity contribution is 0.723. The van der Waals surface area contributed by atoms with E-state index in [9.17, 15) is 0 Å². The molecule has 0 spiro atoms. The summed E-state index contributed by atoms with van der Waals surface area (Å²) < 4.78 is 0. The molecule has 0 atom stereocenters. The topological polar surface area (TPSA) is 0 Å². The molecule has 0 aliphatic carbocycles. The first-order valence-corrected chi connectivity index (χ1v) is 3.27. The van der Waals surface area contributed by atoms with Gasteiger partial charge in [-0.25, -0.2) is 0 Å². The zero-order chi connectivity index (χ0) is 5.54. The number of hydrogen-bond donors (Lipinski definition) is 0. The summed E-state index contributed by atoms with van der Waals surface area (Å²) in [5.74, 6) is 1.70. The van der Waals surface area contributed by atoms with E-state index in [1.807, 2.05) is 0 Å². The monoisotopic (exact) mass is 119 g/mol. The molecule has 0 N–H and O–H groups in total. The maximum Gasteiger partial charge on any atom is 0.0499 e. The molecule has 0 aliphatic heterocycles. The first kappa shape index (κ1) is 7.29. The van der Waals surface area contributed by atoms with Crippen molar-refractivity contribution in [3.63, 3.8) is 0 Å². The maximum absolute atomic E-state index is 5.31. The molecular weight excluding hydrogens is 108 g/mol. The Balaban J connectivity index is 2.45. The molecule has 7 heavy (non-hydrogen) atoms. The molecular formula is C6H12Cl. The second-order valence-electron chi connectivity index (χ2n) is 1.65. The van der Waals surface area contributed by atoms with E-state index < -0.39 is 0 Å². The highest BCUT2D eigenvalue weighted by Crippen LogP contribution is 2.02. The minimum absolute atomic E-state index is 1.06. The van der Waals surface area contributed by atoms with Gasteiger partial charge in [-0.05, 0) is 6.42 Å². The van der Waals surface area contributed by atoms with E-state index in [1.54, 1.807) is 5.88 Å². The van der Waals surface area contributed by atoms with Crippen LogP contribution in [0.3, 0.4) is 0 Å². The van der Waals surface area contributed by atoms with Crippen molar-refractivity contribution >= 4 is 11.6 Å². The van der Waals surface area contributed by atoms with E-state index in [2.05, 4.69) is 6.92 Å². The van der Waals surface area contributed by atoms with E-state index in [4.69, 9.17) is 11.6 Å². The van der Waals surface area contributed by atoms with Crippen LogP contribution in [0.2, 0.25) is 0 Å². The Labute approximate surface area is 50.9 Å². The fraction of sp³-hybridized carbons (Fsp3) is 0.833. The van der Waals surface area contributed by atoms with Crippen LogP contribution in [0.25, 0.3) is 0 Å². The lowest BCUT2D eigenvalue weighted by Gasteiger charge is -1.89. The summed E-state index contributed by atoms with van der Waals surface area (Å²) in [6.45, 7) is 2.19. The second-order valence-corrected chi connectivity index (χ2v) is 1.96. The molecule has 0 aromatic carbocycles. The number of hydrogen-bond acceptors (Lipinski definition) is 0. The Morgan fingerprint density at radius 2 is 2.14 bits per heavy atom. The number of unbranched alkanes of at least 4 members (excludes halogenated alkanes) is 3. The standard InChI is InChI=1S/C6H12Cl/c1-2-3-4-5-6-7/h6H,2-5H2,1H3. The molecule has 0 aromatic rings. The Hall–Kier alpha value is 0.290. The van der Waals surface area contributed by atoms with E-state index in [0.717, 1.165) is 6.42 Å². The largest absolute Gasteiger partial charge is 0.121 e. The van der Waals surface area contributed by atoms with Crippen LogP contribution in [0.15, 0.2) is 0 Å². The van der Waals surface area contributed by atoms with Crippen LogP contribution in [-0.2, 0) is 0 Å². The Morgan fingerprint density at radius 1 is 1.43 bits per heavy atom. The van der Waals surface area contributed by atoms with Gasteiger partial charge in [-0.1, -0.05) is 26.2 Å². The van der Waals surface area contributed by atoms with Crippen molar-refractivity contribution < 1.29 is 0 Å². The molecule has 0 fully saturated rings. The van der Waals surface area contributed by atoms with Gasteiger partial charge >= 0.3 is 0 Å². The maximum atomic E-state index is 5.31. The summed E-state index contributed by atoms with van der Waals surface area (Å²) in [4.78, 5) is 0. The smallest absolute Gasteiger partial charge is 0.0499 e. The van der Waals surface area contributed by atoms with Crippen molar-refractivity contribution in [1.82, 2.24) is 0 Å². The third-order valence-corrected chi connectivity index (χ3v) is 1.14. The summed E-state index contributed by atoms with van der Waals surface area (Å²) in [6.07, 6.45) is 4.91. The van der Waals surface area contributed by atoms with Crippen LogP contribution in [0.1, 0.15) is 32.6 Å². The van der Waals surface area contributed by atoms with Crippen LogP contribution in [-0.4, -0.2) is 0 Å². The van der Waals surface area contributed by atoms with Crippen LogP contribution >= 0.6 is 11.6 Å². The van der Waals surface area contributed by atoms with Gasteiger partial charge < -0.3 is 0 Å². The molecule has 43 valence electrons. The summed E-state index contributed by atoms with van der Waals surface area (Å²) >= 11 is 5.31. The van der Waals surface area contributed by atoms with Crippen molar-refractivity contribution in [1.29, 1.82) is 0 Å². The molecule has 0 nitrogen and oxygen atoms in total. The molecule has 0 aliphatic rings. The fourth-order valence-corrected chi connectivity index (χ4v) is 0.626. The molecule has 1 radical (unpaired) electrons. The van der Waals surface area contributed by atoms with E-state index in [-0.39, 0.29) is 0 Å². The average Bonchev–Trinajstić information content (AvgIpc) is 1.69. The molecule has 0 saturated heterocycles. The highest BCUT2D eigenvalue weighted by atomic mass is 35.5. The molecule has 0 saturated carbocycles. The lowest BCUT2D eigenvalue weighted by atomic mass is 10.2. The highest BCUT2D eigenvalue weighted by Gasteiger charge is 1.81. The molecule has 0 aromatic heterocycles. The molecule has 0 amide bonds. The quantitative estimate of drug-likeness (QED) is 0.499. The van der Waals surface area contributed by atoms with E-state index in [1.165, 1.54) is 19.3 Å². The van der Waals surface area contributed by atoms with Gasteiger partial charge in [0.1, 0.15) is 0 Å². The van der Waals surface area contributed by atoms with Gasteiger partial charge in [0.15, 0.2) is 0 Å². The molecule has 0 unspecified atom stereocenters. The Bertz CT molecular complexity index is 23.4. The summed E-state index contributed by atoms with van der Waals surface area (Å²) in [5, 5.41) is 0. The minimum Gasteiger partial charge on any atom is -0.121 e. The number of halogens is 1. The van der Waals surface area contributed by atoms with Gasteiger partial charge in [0, 0.05) is 5.88 Å². The van der Waals surface area contributed by atoms with Crippen molar-refractivity contribution in [3.05, 3.63) is 5.88 Å². The van der Waals surface area contributed by atoms with Crippen molar-refractivity contribution in [3.8, 4) is 0 Å². The van der Waals surface area contributed by atoms with Gasteiger partial charge in [-0.2, -0.15) is 0 Å². The van der Waals surface area contributed by atoms with Crippen molar-refractivity contribution in [2.75, 3.05) is 0 Å². The highest BCUT2D eigenvalue weighted by molar-refractivity contribution is 6.23. The molecule has 0 bridgehead atoms. The molecule has 0 rings (SSSR count). The first-order chi connectivity index (χ1) is 3.41. The first-order valence-electron chi connectivity index (χ1n) is 2.83. The third-order valence-electron chi connectivity index (χ3n) is 0.917. The van der Waals surface area contributed by atoms with Gasteiger partial charge in [0.2, 0.25) is 0 Å². The normalized spacial score (nSPS) is 9.43. The predicted octanol–water partition coefficient (Wildman–Crippen LogP) is 2.97. The van der Waals surface area contributed by atoms with Crippen LogP contribution in [0, 0.1) is 5.88 Å². The fourth-order valence-electron chi connectivity index (χ4n) is 0.471. The van der Waals surface area contributed by atoms with E-state index in [0.29, 0.717) is 0 Å². The van der Waals surface area contributed by atoms with Crippen molar-refractivity contribution in [2.24, 2.45) is 0 Å². The van der Waals surface area contributed by atoms with Crippen LogP contribution in [0.5, 0.6) is 0 Å². The molecule has 1 heteroatoms. The van der Waals surface area contributed by atoms with Crippen LogP contribution in [0.4, 0.5) is 0 Å². The van der Waals surface area contributed by atoms with E-state index >= 15 is 0 Å². The SMILES string of the molecule is CCCCC[CH]Cl. The summed E-state index contributed by atoms with van der Waals surface area (Å²) in [5.41, 5.74) is 0. The predicted molar refractivity (Wildman–Crippen MR) is 34.3 cm³/mol. The van der Waals surface area contributed by atoms with Gasteiger partial charge in [-0.3, -0.25) is 0 Å². The van der Waals surface area contributed by atoms with Gasteiger partial charge in [-0.15, -0.1) is 11.6 Å². The summed E-state index contributed by atoms with van der Waals surface area (Å²) in [7, 11) is 0.